The van der Waals surface area contributed by atoms with Crippen LogP contribution in [0.25, 0.3) is 0 Å². The van der Waals surface area contributed by atoms with Crippen LogP contribution in [0.4, 0.5) is 4.39 Å². The Hall–Kier alpha value is -1.51. The minimum atomic E-state index is -3.71. The number of hydrogen-bond donors (Lipinski definition) is 1. The van der Waals surface area contributed by atoms with E-state index in [0.29, 0.717) is 13.1 Å². The van der Waals surface area contributed by atoms with E-state index in [-0.39, 0.29) is 10.5 Å². The zero-order chi connectivity index (χ0) is 16.3. The Balaban J connectivity index is 2.25. The lowest BCUT2D eigenvalue weighted by Gasteiger charge is -2.34. The van der Waals surface area contributed by atoms with Crippen molar-refractivity contribution >= 4 is 15.9 Å². The maximum atomic E-state index is 13.9. The van der Waals surface area contributed by atoms with Crippen LogP contribution in [0.3, 0.4) is 0 Å². The highest BCUT2D eigenvalue weighted by atomic mass is 32.2. The van der Waals surface area contributed by atoms with Gasteiger partial charge in [-0.1, -0.05) is 6.92 Å². The number of carbonyl (C=O) groups excluding carboxylic acids is 1. The van der Waals surface area contributed by atoms with E-state index in [9.17, 15) is 17.6 Å². The van der Waals surface area contributed by atoms with Crippen molar-refractivity contribution in [3.63, 3.8) is 0 Å². The number of hydrogen-bond acceptors (Lipinski definition) is 4. The highest BCUT2D eigenvalue weighted by Gasteiger charge is 2.25. The summed E-state index contributed by atoms with van der Waals surface area (Å²) in [5.41, 5.74) is -0.207. The number of halogens is 1. The largest absolute Gasteiger partial charge is 0.336 e. The number of rotatable bonds is 4. The van der Waals surface area contributed by atoms with E-state index in [4.69, 9.17) is 0 Å². The van der Waals surface area contributed by atoms with E-state index in [1.807, 2.05) is 6.92 Å². The van der Waals surface area contributed by atoms with E-state index in [1.54, 1.807) is 4.90 Å². The van der Waals surface area contributed by atoms with Crippen LogP contribution in [0, 0.1) is 5.82 Å². The maximum Gasteiger partial charge on any atom is 0.256 e. The van der Waals surface area contributed by atoms with Gasteiger partial charge >= 0.3 is 0 Å². The Labute approximate surface area is 130 Å². The number of likely N-dealkylation sites (N-methyl/N-ethyl adjacent to an activating group) is 1. The smallest absolute Gasteiger partial charge is 0.256 e. The molecule has 0 saturated carbocycles. The van der Waals surface area contributed by atoms with E-state index in [2.05, 4.69) is 9.62 Å². The van der Waals surface area contributed by atoms with Crippen molar-refractivity contribution in [2.75, 3.05) is 39.8 Å². The first-order valence-electron chi connectivity index (χ1n) is 7.13. The van der Waals surface area contributed by atoms with Gasteiger partial charge in [0.05, 0.1) is 10.5 Å². The lowest BCUT2D eigenvalue weighted by molar-refractivity contribution is 0.0638. The van der Waals surface area contributed by atoms with Gasteiger partial charge in [-0.3, -0.25) is 4.79 Å². The third kappa shape index (κ3) is 3.45. The molecule has 0 spiro atoms. The predicted octanol–water partition coefficient (Wildman–Crippen LogP) is 0.512. The number of benzene rings is 1. The number of sulfonamides is 1. The van der Waals surface area contributed by atoms with Crippen LogP contribution in [0.2, 0.25) is 0 Å². The first-order chi connectivity index (χ1) is 10.4. The quantitative estimate of drug-likeness (QED) is 0.874. The van der Waals surface area contributed by atoms with Crippen LogP contribution in [-0.4, -0.2) is 63.9 Å². The molecule has 2 rings (SSSR count). The normalized spacial score (nSPS) is 16.8. The van der Waals surface area contributed by atoms with Gasteiger partial charge in [0.25, 0.3) is 5.91 Å². The zero-order valence-electron chi connectivity index (χ0n) is 12.7. The molecule has 1 heterocycles. The molecule has 0 unspecified atom stereocenters. The van der Waals surface area contributed by atoms with Gasteiger partial charge in [0, 0.05) is 26.2 Å². The summed E-state index contributed by atoms with van der Waals surface area (Å²) in [6, 6.07) is 3.25. The van der Waals surface area contributed by atoms with Crippen molar-refractivity contribution in [2.45, 2.75) is 11.8 Å². The molecule has 0 aromatic heterocycles. The van der Waals surface area contributed by atoms with Gasteiger partial charge in [0.2, 0.25) is 10.0 Å². The second-order valence-electron chi connectivity index (χ2n) is 5.08. The molecule has 0 bridgehead atoms. The Kier molecular flexibility index (Phi) is 5.15. The Morgan fingerprint density at radius 2 is 1.91 bits per heavy atom. The third-order valence-electron chi connectivity index (χ3n) is 3.85. The molecular formula is C14H20FN3O3S. The molecular weight excluding hydrogens is 309 g/mol. The summed E-state index contributed by atoms with van der Waals surface area (Å²) in [4.78, 5) is 16.1. The molecule has 1 fully saturated rings. The van der Waals surface area contributed by atoms with E-state index < -0.39 is 21.7 Å². The highest BCUT2D eigenvalue weighted by Crippen LogP contribution is 2.17. The van der Waals surface area contributed by atoms with Crippen molar-refractivity contribution in [2.24, 2.45) is 0 Å². The average Bonchev–Trinajstić information content (AvgIpc) is 2.54. The van der Waals surface area contributed by atoms with Crippen LogP contribution in [-0.2, 0) is 10.0 Å². The van der Waals surface area contributed by atoms with Gasteiger partial charge in [0.15, 0.2) is 0 Å². The molecule has 8 heteroatoms. The van der Waals surface area contributed by atoms with Crippen molar-refractivity contribution in [3.8, 4) is 0 Å². The van der Waals surface area contributed by atoms with E-state index >= 15 is 0 Å². The van der Waals surface area contributed by atoms with Gasteiger partial charge in [-0.15, -0.1) is 0 Å². The molecule has 6 nitrogen and oxygen atoms in total. The predicted molar refractivity (Wildman–Crippen MR) is 80.7 cm³/mol. The molecule has 1 amide bonds. The molecule has 1 N–H and O–H groups in total. The number of carbonyl (C=O) groups is 1. The summed E-state index contributed by atoms with van der Waals surface area (Å²) in [6.45, 7) is 5.44. The second-order valence-corrected chi connectivity index (χ2v) is 6.96. The standard InChI is InChI=1S/C14H20FN3O3S/c1-3-17-6-8-18(9-7-17)14(19)12-10-11(4-5-13(12)15)22(20,21)16-2/h4-5,10,16H,3,6-9H2,1-2H3. The second kappa shape index (κ2) is 6.72. The Morgan fingerprint density at radius 3 is 2.45 bits per heavy atom. The van der Waals surface area contributed by atoms with Crippen LogP contribution in [0.15, 0.2) is 23.1 Å². The average molecular weight is 329 g/mol. The molecule has 1 aromatic rings. The van der Waals surface area contributed by atoms with Crippen LogP contribution < -0.4 is 4.72 Å². The zero-order valence-corrected chi connectivity index (χ0v) is 13.5. The molecule has 122 valence electrons. The molecule has 0 atom stereocenters. The summed E-state index contributed by atoms with van der Waals surface area (Å²) in [5, 5.41) is 0. The fraction of sp³-hybridized carbons (Fsp3) is 0.500. The molecule has 1 aliphatic heterocycles. The number of piperazine rings is 1. The third-order valence-corrected chi connectivity index (χ3v) is 5.27. The number of nitrogens with one attached hydrogen (secondary N) is 1. The summed E-state index contributed by atoms with van der Waals surface area (Å²) >= 11 is 0. The summed E-state index contributed by atoms with van der Waals surface area (Å²) in [5.74, 6) is -1.18. The summed E-state index contributed by atoms with van der Waals surface area (Å²) in [7, 11) is -2.44. The van der Waals surface area contributed by atoms with Crippen molar-refractivity contribution in [3.05, 3.63) is 29.6 Å². The molecule has 1 aliphatic rings. The highest BCUT2D eigenvalue weighted by molar-refractivity contribution is 7.89. The minimum absolute atomic E-state index is 0.119. The minimum Gasteiger partial charge on any atom is -0.336 e. The number of amides is 1. The monoisotopic (exact) mass is 329 g/mol. The topological polar surface area (TPSA) is 69.7 Å². The van der Waals surface area contributed by atoms with Gasteiger partial charge in [0.1, 0.15) is 5.82 Å². The Bertz CT molecular complexity index is 655. The van der Waals surface area contributed by atoms with Gasteiger partial charge in [-0.25, -0.2) is 17.5 Å². The van der Waals surface area contributed by atoms with Crippen LogP contribution in [0.1, 0.15) is 17.3 Å². The van der Waals surface area contributed by atoms with E-state index in [0.717, 1.165) is 37.8 Å². The molecule has 0 aliphatic carbocycles. The van der Waals surface area contributed by atoms with Crippen LogP contribution >= 0.6 is 0 Å². The lowest BCUT2D eigenvalue weighted by Crippen LogP contribution is -2.48. The van der Waals surface area contributed by atoms with Crippen molar-refractivity contribution < 1.29 is 17.6 Å². The maximum absolute atomic E-state index is 13.9. The first-order valence-corrected chi connectivity index (χ1v) is 8.62. The SMILES string of the molecule is CCN1CCN(C(=O)c2cc(S(=O)(=O)NC)ccc2F)CC1. The number of nitrogens with zero attached hydrogens (tertiary/aromatic N) is 2. The molecule has 22 heavy (non-hydrogen) atoms. The van der Waals surface area contributed by atoms with Crippen LogP contribution in [0.5, 0.6) is 0 Å². The fourth-order valence-corrected chi connectivity index (χ4v) is 3.15. The molecule has 1 aromatic carbocycles. The first kappa shape index (κ1) is 16.9. The van der Waals surface area contributed by atoms with E-state index in [1.165, 1.54) is 7.05 Å². The van der Waals surface area contributed by atoms with Crippen molar-refractivity contribution in [1.29, 1.82) is 0 Å². The summed E-state index contributed by atoms with van der Waals surface area (Å²) < 4.78 is 39.7. The molecule has 1 saturated heterocycles. The molecule has 0 radical (unpaired) electrons. The Morgan fingerprint density at radius 1 is 1.27 bits per heavy atom. The summed E-state index contributed by atoms with van der Waals surface area (Å²) in [6.07, 6.45) is 0. The van der Waals surface area contributed by atoms with Crippen molar-refractivity contribution in [1.82, 2.24) is 14.5 Å². The lowest BCUT2D eigenvalue weighted by atomic mass is 10.1. The van der Waals surface area contributed by atoms with Gasteiger partial charge < -0.3 is 9.80 Å². The fourth-order valence-electron chi connectivity index (χ4n) is 2.39. The van der Waals surface area contributed by atoms with Gasteiger partial charge in [-0.05, 0) is 31.8 Å². The van der Waals surface area contributed by atoms with Gasteiger partial charge in [-0.2, -0.15) is 0 Å².